The molecule has 0 aliphatic heterocycles. The maximum absolute atomic E-state index is 13.9. The maximum atomic E-state index is 13.9. The third-order valence-electron chi connectivity index (χ3n) is 14.7. The maximum Gasteiger partial charge on any atom is 0.251 e. The molecular weight excluding hydrogens is 817 g/mol. The summed E-state index contributed by atoms with van der Waals surface area (Å²) in [6, 6.07) is 11.4. The van der Waals surface area contributed by atoms with E-state index in [1.165, 1.54) is 77.0 Å². The van der Waals surface area contributed by atoms with Crippen molar-refractivity contribution in [3.8, 4) is 0 Å². The van der Waals surface area contributed by atoms with E-state index in [-0.39, 0.29) is 34.5 Å². The van der Waals surface area contributed by atoms with Crippen LogP contribution in [0, 0.1) is 23.7 Å². The molecule has 8 nitrogen and oxygen atoms in total. The normalized spacial score (nSPS) is 21.9. The summed E-state index contributed by atoms with van der Waals surface area (Å²) in [4.78, 5) is 54.0. The van der Waals surface area contributed by atoms with Gasteiger partial charge in [0.2, 0.25) is 0 Å². The number of carbonyl (C=O) groups excluding carboxylic acids is 4. The van der Waals surface area contributed by atoms with E-state index in [4.69, 9.17) is 0 Å². The molecule has 370 valence electrons. The van der Waals surface area contributed by atoms with Gasteiger partial charge in [0.1, 0.15) is 0 Å². The van der Waals surface area contributed by atoms with Crippen LogP contribution in [0.3, 0.4) is 0 Å². The molecule has 0 saturated heterocycles. The second-order valence-corrected chi connectivity index (χ2v) is 22.8. The summed E-state index contributed by atoms with van der Waals surface area (Å²) in [6.45, 7) is 19.6. The van der Waals surface area contributed by atoms with Crippen molar-refractivity contribution < 1.29 is 19.2 Å². The van der Waals surface area contributed by atoms with Gasteiger partial charge in [-0.3, -0.25) is 19.2 Å². The van der Waals surface area contributed by atoms with Gasteiger partial charge in [0.25, 0.3) is 23.6 Å². The number of hydrogen-bond donors (Lipinski definition) is 4. The molecule has 0 unspecified atom stereocenters. The lowest BCUT2D eigenvalue weighted by atomic mass is 9.84. The van der Waals surface area contributed by atoms with E-state index in [2.05, 4.69) is 69.7 Å². The molecule has 0 radical (unpaired) electrons. The summed E-state index contributed by atoms with van der Waals surface area (Å²) in [5.41, 5.74) is 3.84. The van der Waals surface area contributed by atoms with E-state index in [1.807, 2.05) is 37.3 Å². The molecule has 0 heterocycles. The summed E-state index contributed by atoms with van der Waals surface area (Å²) in [7, 11) is 0. The zero-order chi connectivity index (χ0) is 48.0. The molecule has 0 spiro atoms. The molecule has 2 aliphatic carbocycles. The predicted molar refractivity (Wildman–Crippen MR) is 276 cm³/mol. The highest BCUT2D eigenvalue weighted by Crippen LogP contribution is 2.29. The van der Waals surface area contributed by atoms with Gasteiger partial charge in [0.15, 0.2) is 0 Å². The van der Waals surface area contributed by atoms with Gasteiger partial charge in [-0.2, -0.15) is 0 Å². The van der Waals surface area contributed by atoms with E-state index in [0.717, 1.165) is 94.1 Å². The first kappa shape index (κ1) is 54.9. The highest BCUT2D eigenvalue weighted by molar-refractivity contribution is 6.01. The molecule has 8 heteroatoms. The summed E-state index contributed by atoms with van der Waals surface area (Å²) in [6.07, 6.45) is 29.1. The van der Waals surface area contributed by atoms with Gasteiger partial charge in [0.05, 0.1) is 0 Å². The minimum atomic E-state index is -0.204. The first-order valence-corrected chi connectivity index (χ1v) is 27.0. The molecule has 2 saturated carbocycles. The zero-order valence-electron chi connectivity index (χ0n) is 43.2. The molecule has 4 N–H and O–H groups in total. The average molecular weight is 911 g/mol. The standard InChI is InChI=1S/C58H94N4O4/c1-9-59-53(63)47-34-48(37-51(36-47)57(3,4)5)54(64)60-41-45-30-22-14-16-24-32-46(33-25-17-15-23-31-45)42-62-56(66)50-35-49(38-52(39-50)58(6,7)8)55(65)61-40-44-28-20-12-10-18-26-43(2)27-19-11-13-21-29-44/h34-39,43-46H,9-33,40-42H2,1-8H3,(H,59,63)(H,60,64)(H,61,65)(H,62,66). The van der Waals surface area contributed by atoms with Crippen molar-refractivity contribution in [3.05, 3.63) is 69.8 Å². The van der Waals surface area contributed by atoms with Crippen LogP contribution in [0.4, 0.5) is 0 Å². The van der Waals surface area contributed by atoms with Gasteiger partial charge < -0.3 is 21.3 Å². The molecule has 4 rings (SSSR count). The first-order chi connectivity index (χ1) is 31.5. The van der Waals surface area contributed by atoms with Crippen molar-refractivity contribution in [1.29, 1.82) is 0 Å². The summed E-state index contributed by atoms with van der Waals surface area (Å²) >= 11 is 0. The predicted octanol–water partition coefficient (Wildman–Crippen LogP) is 13.8. The van der Waals surface area contributed by atoms with Crippen molar-refractivity contribution in [2.75, 3.05) is 26.2 Å². The SMILES string of the molecule is CCNC(=O)c1cc(C(=O)NCC2CCCCCCC(CNC(=O)c3cc(C(=O)NCC4CCCCCCC(C)CCCCCC4)cc(C(C)(C)C)c3)CCCCCC2)cc(C(C)(C)C)c1. The fourth-order valence-electron chi connectivity index (χ4n) is 10.1. The third kappa shape index (κ3) is 20.3. The Bertz CT molecular complexity index is 1760. The van der Waals surface area contributed by atoms with Gasteiger partial charge in [-0.25, -0.2) is 0 Å². The van der Waals surface area contributed by atoms with Crippen LogP contribution >= 0.6 is 0 Å². The quantitative estimate of drug-likeness (QED) is 0.180. The first-order valence-electron chi connectivity index (χ1n) is 27.0. The third-order valence-corrected chi connectivity index (χ3v) is 14.7. The lowest BCUT2D eigenvalue weighted by Crippen LogP contribution is -2.32. The Kier molecular flexibility index (Phi) is 23.8. The van der Waals surface area contributed by atoms with Gasteiger partial charge in [-0.15, -0.1) is 0 Å². The Morgan fingerprint density at radius 1 is 0.394 bits per heavy atom. The Morgan fingerprint density at radius 3 is 0.879 bits per heavy atom. The Hall–Kier alpha value is -3.68. The van der Waals surface area contributed by atoms with Crippen LogP contribution < -0.4 is 21.3 Å². The number of nitrogens with one attached hydrogen (secondary N) is 4. The van der Waals surface area contributed by atoms with Gasteiger partial charge in [-0.05, 0) is 127 Å². The fraction of sp³-hybridized carbons (Fsp3) is 0.724. The van der Waals surface area contributed by atoms with Crippen LogP contribution in [0.2, 0.25) is 0 Å². The zero-order valence-corrected chi connectivity index (χ0v) is 43.2. The van der Waals surface area contributed by atoms with Crippen molar-refractivity contribution >= 4 is 23.6 Å². The Balaban J connectivity index is 1.28. The van der Waals surface area contributed by atoms with E-state index >= 15 is 0 Å². The van der Waals surface area contributed by atoms with Crippen LogP contribution in [-0.2, 0) is 10.8 Å². The molecule has 0 atom stereocenters. The largest absolute Gasteiger partial charge is 0.352 e. The number of rotatable bonds is 11. The Labute approximate surface area is 402 Å². The summed E-state index contributed by atoms with van der Waals surface area (Å²) in [5, 5.41) is 12.8. The van der Waals surface area contributed by atoms with Crippen molar-refractivity contribution in [3.63, 3.8) is 0 Å². The highest BCUT2D eigenvalue weighted by Gasteiger charge is 2.23. The topological polar surface area (TPSA) is 116 Å². The molecule has 0 bridgehead atoms. The monoisotopic (exact) mass is 911 g/mol. The van der Waals surface area contributed by atoms with Crippen LogP contribution in [0.5, 0.6) is 0 Å². The lowest BCUT2D eigenvalue weighted by molar-refractivity contribution is 0.0930. The van der Waals surface area contributed by atoms with E-state index in [9.17, 15) is 19.2 Å². The van der Waals surface area contributed by atoms with Crippen LogP contribution in [0.1, 0.15) is 262 Å². The molecule has 2 aromatic carbocycles. The van der Waals surface area contributed by atoms with E-state index in [1.54, 1.807) is 6.07 Å². The molecule has 2 aliphatic rings. The summed E-state index contributed by atoms with van der Waals surface area (Å²) < 4.78 is 0. The van der Waals surface area contributed by atoms with E-state index < -0.39 is 0 Å². The average Bonchev–Trinajstić information content (AvgIpc) is 3.28. The van der Waals surface area contributed by atoms with Crippen LogP contribution in [0.25, 0.3) is 0 Å². The molecule has 2 fully saturated rings. The smallest absolute Gasteiger partial charge is 0.251 e. The van der Waals surface area contributed by atoms with Crippen LogP contribution in [-0.4, -0.2) is 49.8 Å². The van der Waals surface area contributed by atoms with Gasteiger partial charge in [-0.1, -0.05) is 164 Å². The van der Waals surface area contributed by atoms with Crippen molar-refractivity contribution in [2.24, 2.45) is 23.7 Å². The second kappa shape index (κ2) is 28.6. The number of amides is 4. The highest BCUT2D eigenvalue weighted by atomic mass is 16.2. The minimum Gasteiger partial charge on any atom is -0.352 e. The molecule has 66 heavy (non-hydrogen) atoms. The molecule has 0 aromatic heterocycles. The number of benzene rings is 2. The summed E-state index contributed by atoms with van der Waals surface area (Å²) in [5.74, 6) is 1.82. The van der Waals surface area contributed by atoms with Gasteiger partial charge in [0, 0.05) is 48.4 Å². The molecular formula is C58H94N4O4. The number of hydrogen-bond acceptors (Lipinski definition) is 4. The lowest BCUT2D eigenvalue weighted by Gasteiger charge is -2.23. The number of carbonyl (C=O) groups is 4. The van der Waals surface area contributed by atoms with Crippen molar-refractivity contribution in [2.45, 2.75) is 220 Å². The minimum absolute atomic E-state index is 0.0690. The van der Waals surface area contributed by atoms with Crippen LogP contribution in [0.15, 0.2) is 36.4 Å². The molecule has 2 aromatic rings. The van der Waals surface area contributed by atoms with E-state index in [0.29, 0.717) is 66.2 Å². The Morgan fingerprint density at radius 2 is 0.636 bits per heavy atom. The molecule has 4 amide bonds. The fourth-order valence-corrected chi connectivity index (χ4v) is 10.1. The van der Waals surface area contributed by atoms with Gasteiger partial charge >= 0.3 is 0 Å². The second-order valence-electron chi connectivity index (χ2n) is 22.8. The van der Waals surface area contributed by atoms with Crippen molar-refractivity contribution in [1.82, 2.24) is 21.3 Å².